The number of halogens is 5. The Morgan fingerprint density at radius 2 is 1.23 bits per heavy atom. The van der Waals surface area contributed by atoms with Crippen LogP contribution >= 0.6 is 15.9 Å². The first-order valence-electron chi connectivity index (χ1n) is 12.8. The van der Waals surface area contributed by atoms with Crippen molar-refractivity contribution in [1.82, 2.24) is 10.2 Å². The van der Waals surface area contributed by atoms with E-state index >= 15 is 0 Å². The van der Waals surface area contributed by atoms with E-state index in [0.717, 1.165) is 52.3 Å². The number of nitrogens with zero attached hydrogens (tertiary/aromatic N) is 1. The zero-order valence-electron chi connectivity index (χ0n) is 22.3. The summed E-state index contributed by atoms with van der Waals surface area (Å²) in [7, 11) is 2.18. The van der Waals surface area contributed by atoms with Crippen molar-refractivity contribution in [3.63, 3.8) is 0 Å². The largest absolute Gasteiger partial charge is 0.465 e. The molecule has 0 spiro atoms. The SMILES string of the molecule is C1CCNCC1.COC(=O)c1c(F)ccc(CBr)c1F.COC(=O)c1c(F)ccc(CN2CCCCC2)c1F. The van der Waals surface area contributed by atoms with Gasteiger partial charge < -0.3 is 14.8 Å². The second-order valence-corrected chi connectivity index (χ2v) is 9.62. The van der Waals surface area contributed by atoms with Crippen LogP contribution in [0.15, 0.2) is 24.3 Å². The Bertz CT molecular complexity index is 1080. The lowest BCUT2D eigenvalue weighted by Crippen LogP contribution is -2.29. The van der Waals surface area contributed by atoms with Crippen LogP contribution in [0, 0.1) is 23.3 Å². The van der Waals surface area contributed by atoms with E-state index in [-0.39, 0.29) is 10.9 Å². The van der Waals surface area contributed by atoms with Crippen LogP contribution in [-0.2, 0) is 21.3 Å². The lowest BCUT2D eigenvalue weighted by atomic mass is 10.1. The number of hydrogen-bond acceptors (Lipinski definition) is 6. The number of nitrogens with one attached hydrogen (secondary N) is 1. The van der Waals surface area contributed by atoms with Crippen molar-refractivity contribution in [1.29, 1.82) is 0 Å². The highest BCUT2D eigenvalue weighted by Gasteiger charge is 2.23. The number of alkyl halides is 1. The molecule has 1 N–H and O–H groups in total. The predicted octanol–water partition coefficient (Wildman–Crippen LogP) is 6.14. The van der Waals surface area contributed by atoms with E-state index in [1.165, 1.54) is 50.9 Å². The Balaban J connectivity index is 0.000000232. The molecular formula is C28H35BrF4N2O4. The van der Waals surface area contributed by atoms with E-state index in [0.29, 0.717) is 12.1 Å². The van der Waals surface area contributed by atoms with Crippen molar-refractivity contribution in [3.05, 3.63) is 69.8 Å². The molecule has 0 saturated carbocycles. The molecule has 2 aliphatic rings. The monoisotopic (exact) mass is 618 g/mol. The van der Waals surface area contributed by atoms with Crippen molar-refractivity contribution >= 4 is 27.9 Å². The first kappa shape index (κ1) is 32.7. The predicted molar refractivity (Wildman–Crippen MR) is 144 cm³/mol. The third kappa shape index (κ3) is 9.88. The van der Waals surface area contributed by atoms with Crippen molar-refractivity contribution in [2.45, 2.75) is 50.4 Å². The second-order valence-electron chi connectivity index (χ2n) is 9.06. The fourth-order valence-corrected chi connectivity index (χ4v) is 4.59. The van der Waals surface area contributed by atoms with Gasteiger partial charge in [-0.2, -0.15) is 0 Å². The van der Waals surface area contributed by atoms with Crippen LogP contribution < -0.4 is 5.32 Å². The van der Waals surface area contributed by atoms with Crippen LogP contribution in [0.5, 0.6) is 0 Å². The van der Waals surface area contributed by atoms with E-state index in [9.17, 15) is 27.2 Å². The highest BCUT2D eigenvalue weighted by molar-refractivity contribution is 9.08. The third-order valence-corrected chi connectivity index (χ3v) is 6.92. The average Bonchev–Trinajstić information content (AvgIpc) is 2.96. The third-order valence-electron chi connectivity index (χ3n) is 6.31. The first-order valence-corrected chi connectivity index (χ1v) is 14.0. The minimum atomic E-state index is -1.01. The van der Waals surface area contributed by atoms with Crippen LogP contribution in [0.4, 0.5) is 17.6 Å². The van der Waals surface area contributed by atoms with Crippen LogP contribution in [0.25, 0.3) is 0 Å². The van der Waals surface area contributed by atoms with Crippen molar-refractivity contribution < 1.29 is 36.6 Å². The zero-order chi connectivity index (χ0) is 28.8. The van der Waals surface area contributed by atoms with Gasteiger partial charge in [-0.25, -0.2) is 27.2 Å². The van der Waals surface area contributed by atoms with E-state index in [1.807, 2.05) is 0 Å². The van der Waals surface area contributed by atoms with Crippen molar-refractivity contribution in [2.24, 2.45) is 0 Å². The number of carbonyl (C=O) groups is 2. The number of hydrogen-bond donors (Lipinski definition) is 1. The van der Waals surface area contributed by atoms with E-state index in [2.05, 4.69) is 35.6 Å². The molecule has 11 heteroatoms. The molecule has 0 unspecified atom stereocenters. The second kappa shape index (κ2) is 17.2. The number of rotatable bonds is 5. The molecule has 0 bridgehead atoms. The molecule has 2 saturated heterocycles. The molecular weight excluding hydrogens is 584 g/mol. The Kier molecular flexibility index (Phi) is 14.5. The number of esters is 2. The fourth-order valence-electron chi connectivity index (χ4n) is 4.16. The summed E-state index contributed by atoms with van der Waals surface area (Å²) in [5.74, 6) is -5.48. The van der Waals surface area contributed by atoms with Crippen LogP contribution in [0.3, 0.4) is 0 Å². The van der Waals surface area contributed by atoms with Gasteiger partial charge in [-0.15, -0.1) is 0 Å². The van der Waals surface area contributed by atoms with Gasteiger partial charge in [0.15, 0.2) is 0 Å². The summed E-state index contributed by atoms with van der Waals surface area (Å²) >= 11 is 3.02. The van der Waals surface area contributed by atoms with Crippen molar-refractivity contribution in [2.75, 3.05) is 40.4 Å². The molecule has 2 heterocycles. The summed E-state index contributed by atoms with van der Waals surface area (Å²) in [5, 5.41) is 3.50. The Morgan fingerprint density at radius 3 is 1.64 bits per heavy atom. The zero-order valence-corrected chi connectivity index (χ0v) is 23.9. The number of ether oxygens (including phenoxy) is 2. The van der Waals surface area contributed by atoms with Crippen LogP contribution in [-0.4, -0.2) is 57.2 Å². The molecule has 6 nitrogen and oxygen atoms in total. The van der Waals surface area contributed by atoms with Gasteiger partial charge in [-0.05, 0) is 69.6 Å². The molecule has 2 aromatic carbocycles. The summed E-state index contributed by atoms with van der Waals surface area (Å²) < 4.78 is 62.8. The van der Waals surface area contributed by atoms with Gasteiger partial charge in [-0.1, -0.05) is 40.9 Å². The smallest absolute Gasteiger partial charge is 0.343 e. The summed E-state index contributed by atoms with van der Waals surface area (Å²) in [4.78, 5) is 24.5. The first-order chi connectivity index (χ1) is 18.7. The lowest BCUT2D eigenvalue weighted by Gasteiger charge is -2.26. The van der Waals surface area contributed by atoms with Gasteiger partial charge in [0.25, 0.3) is 0 Å². The standard InChI is InChI=1S/C14H17F2NO2.C9H7BrF2O2.C5H11N/c1-19-14(18)12-11(15)6-5-10(13(12)16)9-17-7-3-2-4-8-17;1-14-9(13)7-6(11)3-2-5(4-10)8(7)12;1-2-4-6-5-3-1/h5-6H,2-4,7-9H2,1H3;2-3H,4H2,1H3;6H,1-5H2. The van der Waals surface area contributed by atoms with Crippen molar-refractivity contribution in [3.8, 4) is 0 Å². The lowest BCUT2D eigenvalue weighted by molar-refractivity contribution is 0.0579. The molecule has 2 aliphatic heterocycles. The number of methoxy groups -OCH3 is 2. The Morgan fingerprint density at radius 1 is 0.769 bits per heavy atom. The van der Waals surface area contributed by atoms with Crippen LogP contribution in [0.1, 0.15) is 70.4 Å². The summed E-state index contributed by atoms with van der Waals surface area (Å²) in [6.45, 7) is 4.71. The normalized spacial score (nSPS) is 15.3. The molecule has 0 aromatic heterocycles. The number of piperidine rings is 2. The molecule has 2 fully saturated rings. The minimum absolute atomic E-state index is 0.211. The molecule has 2 aromatic rings. The average molecular weight is 619 g/mol. The molecule has 39 heavy (non-hydrogen) atoms. The highest BCUT2D eigenvalue weighted by atomic mass is 79.9. The summed E-state index contributed by atoms with van der Waals surface area (Å²) in [5.41, 5.74) is -0.697. The molecule has 0 aliphatic carbocycles. The van der Waals surface area contributed by atoms with Gasteiger partial charge in [-0.3, -0.25) is 4.90 Å². The van der Waals surface area contributed by atoms with Gasteiger partial charge in [0.2, 0.25) is 0 Å². The number of likely N-dealkylation sites (tertiary alicyclic amines) is 1. The quantitative estimate of drug-likeness (QED) is 0.246. The van der Waals surface area contributed by atoms with Gasteiger partial charge in [0, 0.05) is 17.4 Å². The summed E-state index contributed by atoms with van der Waals surface area (Å²) in [6, 6.07) is 4.82. The number of carbonyl (C=O) groups excluding carboxylic acids is 2. The summed E-state index contributed by atoms with van der Waals surface area (Å²) in [6.07, 6.45) is 7.59. The van der Waals surface area contributed by atoms with E-state index < -0.39 is 46.3 Å². The molecule has 0 radical (unpaired) electrons. The van der Waals surface area contributed by atoms with Gasteiger partial charge >= 0.3 is 11.9 Å². The highest BCUT2D eigenvalue weighted by Crippen LogP contribution is 2.21. The maximum atomic E-state index is 14.2. The minimum Gasteiger partial charge on any atom is -0.465 e. The molecule has 216 valence electrons. The fraction of sp³-hybridized carbons (Fsp3) is 0.500. The topological polar surface area (TPSA) is 67.9 Å². The van der Waals surface area contributed by atoms with Gasteiger partial charge in [0.05, 0.1) is 14.2 Å². The molecule has 0 amide bonds. The number of benzene rings is 2. The van der Waals surface area contributed by atoms with E-state index in [1.54, 1.807) is 0 Å². The maximum Gasteiger partial charge on any atom is 0.343 e. The molecule has 0 atom stereocenters. The van der Waals surface area contributed by atoms with Gasteiger partial charge in [0.1, 0.15) is 34.4 Å². The van der Waals surface area contributed by atoms with Crippen LogP contribution in [0.2, 0.25) is 0 Å². The Hall–Kier alpha value is -2.50. The Labute approximate surface area is 235 Å². The molecule has 4 rings (SSSR count). The maximum absolute atomic E-state index is 14.2. The van der Waals surface area contributed by atoms with E-state index in [4.69, 9.17) is 0 Å².